The van der Waals surface area contributed by atoms with Crippen molar-refractivity contribution in [2.45, 2.75) is 44.6 Å². The summed E-state index contributed by atoms with van der Waals surface area (Å²) in [6.07, 6.45) is 2.28. The minimum atomic E-state index is -0.926. The number of aliphatic carboxylic acids is 1. The molecule has 3 aromatic carbocycles. The fourth-order valence-corrected chi connectivity index (χ4v) is 4.37. The average Bonchev–Trinajstić information content (AvgIpc) is 2.86. The second-order valence-electron chi connectivity index (χ2n) is 8.33. The van der Waals surface area contributed by atoms with Gasteiger partial charge in [0.25, 0.3) is 0 Å². The van der Waals surface area contributed by atoms with Crippen LogP contribution in [0.4, 0.5) is 0 Å². The molecule has 2 N–H and O–H groups in total. The molecule has 3 aromatic rings. The average molecular weight is 476 g/mol. The molecule has 3 rings (SSSR count). The van der Waals surface area contributed by atoms with Crippen molar-refractivity contribution in [1.82, 2.24) is 5.32 Å². The molecule has 0 aromatic heterocycles. The summed E-state index contributed by atoms with van der Waals surface area (Å²) in [4.78, 5) is 12.2. The lowest BCUT2D eigenvalue weighted by molar-refractivity contribution is -0.149. The van der Waals surface area contributed by atoms with Crippen molar-refractivity contribution in [3.05, 3.63) is 107 Å². The van der Waals surface area contributed by atoms with E-state index in [4.69, 9.17) is 17.0 Å². The Kier molecular flexibility index (Phi) is 10.3. The minimum Gasteiger partial charge on any atom is -0.479 e. The first kappa shape index (κ1) is 25.6. The number of carboxylic acid groups (broad SMARTS) is 1. The van der Waals surface area contributed by atoms with Gasteiger partial charge in [0, 0.05) is 25.5 Å². The predicted octanol–water partition coefficient (Wildman–Crippen LogP) is 5.59. The van der Waals surface area contributed by atoms with Gasteiger partial charge < -0.3 is 15.2 Å². The van der Waals surface area contributed by atoms with Crippen molar-refractivity contribution < 1.29 is 14.6 Å². The van der Waals surface area contributed by atoms with E-state index in [1.807, 2.05) is 31.2 Å². The summed E-state index contributed by atoms with van der Waals surface area (Å²) in [5.41, 5.74) is 4.68. The van der Waals surface area contributed by atoms with Gasteiger partial charge in [0.1, 0.15) is 0 Å². The van der Waals surface area contributed by atoms with Crippen molar-refractivity contribution in [1.29, 1.82) is 0 Å². The van der Waals surface area contributed by atoms with Gasteiger partial charge in [0.2, 0.25) is 0 Å². The molecule has 0 unspecified atom stereocenters. The summed E-state index contributed by atoms with van der Waals surface area (Å²) in [5, 5.41) is 12.8. The van der Waals surface area contributed by atoms with Crippen LogP contribution in [0.1, 0.15) is 41.5 Å². The van der Waals surface area contributed by atoms with Crippen LogP contribution in [0.25, 0.3) is 0 Å². The lowest BCUT2D eigenvalue weighted by Gasteiger charge is -2.20. The summed E-state index contributed by atoms with van der Waals surface area (Å²) in [7, 11) is 0. The maximum atomic E-state index is 11.3. The number of rotatable bonds is 13. The van der Waals surface area contributed by atoms with Gasteiger partial charge in [0.15, 0.2) is 6.10 Å². The van der Waals surface area contributed by atoms with E-state index in [9.17, 15) is 9.90 Å². The van der Waals surface area contributed by atoms with E-state index in [1.54, 1.807) is 0 Å². The highest BCUT2D eigenvalue weighted by Crippen LogP contribution is 2.23. The van der Waals surface area contributed by atoms with Crippen molar-refractivity contribution >= 4 is 23.2 Å². The lowest BCUT2D eigenvalue weighted by atomic mass is 9.91. The number of carbonyl (C=O) groups is 1. The number of hydrogen-bond donors (Lipinski definition) is 2. The van der Waals surface area contributed by atoms with Gasteiger partial charge in [-0.25, -0.2) is 4.79 Å². The maximum Gasteiger partial charge on any atom is 0.333 e. The third-order valence-corrected chi connectivity index (χ3v) is 6.31. The Labute approximate surface area is 208 Å². The van der Waals surface area contributed by atoms with Gasteiger partial charge in [-0.05, 0) is 48.4 Å². The second-order valence-corrected chi connectivity index (χ2v) is 8.77. The molecule has 0 bridgehead atoms. The molecule has 5 heteroatoms. The highest BCUT2D eigenvalue weighted by Gasteiger charge is 2.19. The van der Waals surface area contributed by atoms with Gasteiger partial charge in [-0.15, -0.1) is 0 Å². The van der Waals surface area contributed by atoms with Gasteiger partial charge in [-0.2, -0.15) is 0 Å². The first-order chi connectivity index (χ1) is 16.6. The molecule has 0 spiro atoms. The summed E-state index contributed by atoms with van der Waals surface area (Å²) < 4.78 is 5.33. The third-order valence-electron chi connectivity index (χ3n) is 5.88. The minimum absolute atomic E-state index is 0.140. The summed E-state index contributed by atoms with van der Waals surface area (Å²) >= 11 is 5.83. The Hall–Kier alpha value is -3.02. The Morgan fingerprint density at radius 2 is 1.47 bits per heavy atom. The van der Waals surface area contributed by atoms with Gasteiger partial charge in [0.05, 0.1) is 4.99 Å². The fourth-order valence-electron chi connectivity index (χ4n) is 4.02. The number of benzene rings is 3. The van der Waals surface area contributed by atoms with Crippen LogP contribution >= 0.6 is 12.2 Å². The smallest absolute Gasteiger partial charge is 0.333 e. The molecule has 0 saturated carbocycles. The van der Waals surface area contributed by atoms with E-state index in [0.717, 1.165) is 36.4 Å². The monoisotopic (exact) mass is 475 g/mol. The number of carboxylic acids is 1. The van der Waals surface area contributed by atoms with Crippen LogP contribution in [0.2, 0.25) is 0 Å². The lowest BCUT2D eigenvalue weighted by Crippen LogP contribution is -2.29. The van der Waals surface area contributed by atoms with Crippen molar-refractivity contribution in [2.24, 2.45) is 0 Å². The molecule has 0 radical (unpaired) electrons. The molecule has 34 heavy (non-hydrogen) atoms. The first-order valence-corrected chi connectivity index (χ1v) is 12.3. The second kappa shape index (κ2) is 13.6. The van der Waals surface area contributed by atoms with Crippen LogP contribution in [0.5, 0.6) is 0 Å². The van der Waals surface area contributed by atoms with E-state index in [0.29, 0.717) is 13.0 Å². The van der Waals surface area contributed by atoms with Crippen molar-refractivity contribution in [2.75, 3.05) is 13.2 Å². The Balaban J connectivity index is 1.59. The van der Waals surface area contributed by atoms with E-state index in [2.05, 4.69) is 66.0 Å². The molecule has 0 aliphatic rings. The van der Waals surface area contributed by atoms with Gasteiger partial charge in [-0.3, -0.25) is 0 Å². The number of thiocarbonyl (C=S) groups is 1. The predicted molar refractivity (Wildman–Crippen MR) is 141 cm³/mol. The summed E-state index contributed by atoms with van der Waals surface area (Å²) in [5.74, 6) is -0.786. The van der Waals surface area contributed by atoms with E-state index in [-0.39, 0.29) is 5.92 Å². The van der Waals surface area contributed by atoms with Gasteiger partial charge in [-0.1, -0.05) is 97.1 Å². The highest BCUT2D eigenvalue weighted by atomic mass is 32.1. The number of hydrogen-bond acceptors (Lipinski definition) is 3. The van der Waals surface area contributed by atoms with E-state index < -0.39 is 12.1 Å². The first-order valence-electron chi connectivity index (χ1n) is 11.9. The van der Waals surface area contributed by atoms with Crippen molar-refractivity contribution in [3.63, 3.8) is 0 Å². The largest absolute Gasteiger partial charge is 0.479 e. The molecular weight excluding hydrogens is 442 g/mol. The zero-order valence-corrected chi connectivity index (χ0v) is 20.5. The van der Waals surface area contributed by atoms with E-state index in [1.165, 1.54) is 16.7 Å². The quantitative estimate of drug-likeness (QED) is 0.315. The van der Waals surface area contributed by atoms with Gasteiger partial charge >= 0.3 is 5.97 Å². The van der Waals surface area contributed by atoms with Crippen LogP contribution in [0.15, 0.2) is 84.9 Å². The number of aryl methyl sites for hydroxylation is 1. The zero-order valence-electron chi connectivity index (χ0n) is 19.7. The molecule has 0 aliphatic carbocycles. The van der Waals surface area contributed by atoms with Crippen LogP contribution in [0.3, 0.4) is 0 Å². The van der Waals surface area contributed by atoms with Crippen LogP contribution in [0, 0.1) is 0 Å². The van der Waals surface area contributed by atoms with Crippen LogP contribution in [-0.2, 0) is 28.8 Å². The number of nitrogens with one attached hydrogen (secondary N) is 1. The fraction of sp³-hybridized carbons (Fsp3) is 0.310. The summed E-state index contributed by atoms with van der Waals surface area (Å²) in [6.45, 7) is 3.00. The SMILES string of the molecule is CCO[C@@H](Cc1ccc(CC[C@@H](C(=S)NCCc2ccccc2)c2ccccc2)cc1)C(=O)O. The van der Waals surface area contributed by atoms with Crippen LogP contribution < -0.4 is 5.32 Å². The number of ether oxygens (including phenoxy) is 1. The zero-order chi connectivity index (χ0) is 24.2. The molecule has 178 valence electrons. The van der Waals surface area contributed by atoms with E-state index >= 15 is 0 Å². The molecular formula is C29H33NO3S. The molecule has 4 nitrogen and oxygen atoms in total. The topological polar surface area (TPSA) is 58.6 Å². The normalized spacial score (nSPS) is 12.6. The summed E-state index contributed by atoms with van der Waals surface area (Å²) in [6, 6.07) is 29.0. The molecule has 0 aliphatic heterocycles. The maximum absolute atomic E-state index is 11.3. The van der Waals surface area contributed by atoms with Crippen molar-refractivity contribution in [3.8, 4) is 0 Å². The third kappa shape index (κ3) is 8.08. The molecule has 0 amide bonds. The Bertz CT molecular complexity index is 1020. The highest BCUT2D eigenvalue weighted by molar-refractivity contribution is 7.80. The molecule has 0 saturated heterocycles. The molecule has 0 fully saturated rings. The Morgan fingerprint density at radius 1 is 0.882 bits per heavy atom. The van der Waals surface area contributed by atoms with Crippen LogP contribution in [-0.4, -0.2) is 35.3 Å². The molecule has 0 heterocycles. The Morgan fingerprint density at radius 3 is 2.09 bits per heavy atom. The molecule has 2 atom stereocenters. The standard InChI is InChI=1S/C29H33NO3S/c1-2-33-27(29(31)32)21-24-15-13-23(14-16-24)17-18-26(25-11-7-4-8-12-25)28(34)30-20-19-22-9-5-3-6-10-22/h3-16,26-27H,2,17-21H2,1H3,(H,30,34)(H,31,32)/t26-,27+/m1/s1.